The summed E-state index contributed by atoms with van der Waals surface area (Å²) < 4.78 is 13.0. The minimum Gasteiger partial charge on any atom is -0.388 e. The molecule has 3 rings (SSSR count). The van der Waals surface area contributed by atoms with Crippen molar-refractivity contribution in [3.8, 4) is 0 Å². The predicted molar refractivity (Wildman–Crippen MR) is 81.7 cm³/mol. The lowest BCUT2D eigenvalue weighted by atomic mass is 9.93. The number of nitrogens with one attached hydrogen (secondary N) is 1. The molecule has 1 aromatic rings. The summed E-state index contributed by atoms with van der Waals surface area (Å²) in [5, 5.41) is 14.0. The van der Waals surface area contributed by atoms with E-state index in [4.69, 9.17) is 0 Å². The van der Waals surface area contributed by atoms with E-state index in [-0.39, 0.29) is 5.82 Å². The summed E-state index contributed by atoms with van der Waals surface area (Å²) in [4.78, 5) is 0. The molecule has 20 heavy (non-hydrogen) atoms. The topological polar surface area (TPSA) is 32.3 Å². The largest absolute Gasteiger partial charge is 0.388 e. The first-order valence-corrected chi connectivity index (χ1v) is 8.61. The Hall–Kier alpha value is -0.580. The monoisotopic (exact) mass is 295 g/mol. The maximum atomic E-state index is 13.0. The summed E-state index contributed by atoms with van der Waals surface area (Å²) in [6.07, 6.45) is 4.38. The van der Waals surface area contributed by atoms with Crippen molar-refractivity contribution in [2.75, 3.05) is 18.1 Å². The highest BCUT2D eigenvalue weighted by Crippen LogP contribution is 2.35. The summed E-state index contributed by atoms with van der Waals surface area (Å²) in [5.41, 5.74) is 0.690. The third-order valence-corrected chi connectivity index (χ3v) is 5.82. The fraction of sp³-hybridized carbons (Fsp3) is 0.625. The average molecular weight is 295 g/mol. The van der Waals surface area contributed by atoms with Gasteiger partial charge >= 0.3 is 0 Å². The van der Waals surface area contributed by atoms with E-state index in [1.807, 2.05) is 23.9 Å². The van der Waals surface area contributed by atoms with Gasteiger partial charge in [0.2, 0.25) is 0 Å². The number of thioether (sulfide) groups is 1. The van der Waals surface area contributed by atoms with E-state index in [0.29, 0.717) is 18.5 Å². The molecule has 2 fully saturated rings. The minimum absolute atomic E-state index is 0.173. The van der Waals surface area contributed by atoms with Crippen molar-refractivity contribution in [2.45, 2.75) is 43.2 Å². The molecule has 1 saturated heterocycles. The molecule has 1 aromatic carbocycles. The lowest BCUT2D eigenvalue weighted by Gasteiger charge is -2.27. The number of hydrogen-bond donors (Lipinski definition) is 2. The number of hydrogen-bond acceptors (Lipinski definition) is 3. The summed E-state index contributed by atoms with van der Waals surface area (Å²) in [7, 11) is 0. The molecular weight excluding hydrogens is 273 g/mol. The lowest BCUT2D eigenvalue weighted by molar-refractivity contribution is 0.0641. The van der Waals surface area contributed by atoms with E-state index in [2.05, 4.69) is 5.32 Å². The number of halogens is 1. The molecule has 1 saturated carbocycles. The molecule has 3 unspecified atom stereocenters. The summed E-state index contributed by atoms with van der Waals surface area (Å²) >= 11 is 1.83. The van der Waals surface area contributed by atoms with Crippen molar-refractivity contribution in [1.29, 1.82) is 0 Å². The fourth-order valence-electron chi connectivity index (χ4n) is 3.37. The minimum atomic E-state index is -0.527. The van der Waals surface area contributed by atoms with Gasteiger partial charge in [-0.05, 0) is 48.6 Å². The zero-order valence-electron chi connectivity index (χ0n) is 11.6. The van der Waals surface area contributed by atoms with Crippen LogP contribution < -0.4 is 5.32 Å². The molecule has 0 bridgehead atoms. The lowest BCUT2D eigenvalue weighted by Crippen LogP contribution is -2.45. The standard InChI is InChI=1S/C16H22FNOS/c17-13-6-4-12(5-7-13)14-2-1-3-15(14)18-10-16(19)8-9-20-11-16/h4-7,14-15,18-19H,1-3,8-11H2. The Bertz CT molecular complexity index is 444. The van der Waals surface area contributed by atoms with E-state index in [0.717, 1.165) is 30.8 Å². The Kier molecular flexibility index (Phi) is 4.34. The van der Waals surface area contributed by atoms with Gasteiger partial charge < -0.3 is 10.4 Å². The Morgan fingerprint density at radius 1 is 1.30 bits per heavy atom. The van der Waals surface area contributed by atoms with Crippen LogP contribution in [0.2, 0.25) is 0 Å². The molecule has 2 N–H and O–H groups in total. The highest BCUT2D eigenvalue weighted by Gasteiger charge is 2.34. The Morgan fingerprint density at radius 2 is 2.10 bits per heavy atom. The molecule has 0 aromatic heterocycles. The Morgan fingerprint density at radius 3 is 2.80 bits per heavy atom. The van der Waals surface area contributed by atoms with Gasteiger partial charge in [0.15, 0.2) is 0 Å². The van der Waals surface area contributed by atoms with Gasteiger partial charge in [-0.25, -0.2) is 4.39 Å². The third kappa shape index (κ3) is 3.18. The van der Waals surface area contributed by atoms with Gasteiger partial charge in [0.1, 0.15) is 5.82 Å². The van der Waals surface area contributed by atoms with Crippen LogP contribution in [0.15, 0.2) is 24.3 Å². The fourth-order valence-corrected chi connectivity index (χ4v) is 4.67. The van der Waals surface area contributed by atoms with Crippen LogP contribution in [-0.4, -0.2) is 34.8 Å². The number of rotatable bonds is 4. The second kappa shape index (κ2) is 6.04. The van der Waals surface area contributed by atoms with Gasteiger partial charge in [-0.3, -0.25) is 0 Å². The molecule has 0 spiro atoms. The van der Waals surface area contributed by atoms with Crippen molar-refractivity contribution in [2.24, 2.45) is 0 Å². The molecule has 3 atom stereocenters. The molecule has 1 heterocycles. The number of benzene rings is 1. The molecule has 1 aliphatic carbocycles. The smallest absolute Gasteiger partial charge is 0.123 e. The van der Waals surface area contributed by atoms with E-state index in [1.165, 1.54) is 12.0 Å². The summed E-state index contributed by atoms with van der Waals surface area (Å²) in [6.45, 7) is 0.683. The average Bonchev–Trinajstić information content (AvgIpc) is 3.07. The third-order valence-electron chi connectivity index (χ3n) is 4.59. The Balaban J connectivity index is 1.62. The first-order valence-electron chi connectivity index (χ1n) is 7.45. The zero-order valence-corrected chi connectivity index (χ0v) is 12.5. The van der Waals surface area contributed by atoms with Gasteiger partial charge in [0.05, 0.1) is 5.60 Å². The maximum Gasteiger partial charge on any atom is 0.123 e. The van der Waals surface area contributed by atoms with E-state index in [1.54, 1.807) is 12.1 Å². The molecule has 4 heteroatoms. The van der Waals surface area contributed by atoms with Crippen LogP contribution in [0, 0.1) is 5.82 Å². The second-order valence-electron chi connectivity index (χ2n) is 6.10. The van der Waals surface area contributed by atoms with Gasteiger partial charge in [-0.2, -0.15) is 11.8 Å². The van der Waals surface area contributed by atoms with Crippen LogP contribution in [0.3, 0.4) is 0 Å². The molecular formula is C16H22FNOS. The first kappa shape index (κ1) is 14.4. The summed E-state index contributed by atoms with van der Waals surface area (Å²) in [6, 6.07) is 7.31. The zero-order chi connectivity index (χ0) is 14.0. The summed E-state index contributed by atoms with van der Waals surface area (Å²) in [5.74, 6) is 2.18. The van der Waals surface area contributed by atoms with E-state index >= 15 is 0 Å². The van der Waals surface area contributed by atoms with Crippen LogP contribution >= 0.6 is 11.8 Å². The molecule has 0 radical (unpaired) electrons. The molecule has 0 amide bonds. The number of aliphatic hydroxyl groups is 1. The molecule has 2 nitrogen and oxygen atoms in total. The van der Waals surface area contributed by atoms with E-state index < -0.39 is 5.60 Å². The van der Waals surface area contributed by atoms with Crippen molar-refractivity contribution in [1.82, 2.24) is 5.32 Å². The Labute approximate surface area is 124 Å². The predicted octanol–water partition coefficient (Wildman–Crippen LogP) is 2.92. The van der Waals surface area contributed by atoms with Gasteiger partial charge in [-0.1, -0.05) is 18.6 Å². The van der Waals surface area contributed by atoms with Crippen molar-refractivity contribution in [3.63, 3.8) is 0 Å². The van der Waals surface area contributed by atoms with Crippen LogP contribution in [0.1, 0.15) is 37.2 Å². The quantitative estimate of drug-likeness (QED) is 0.896. The SMILES string of the molecule is OC1(CNC2CCCC2c2ccc(F)cc2)CCSC1. The van der Waals surface area contributed by atoms with Crippen molar-refractivity contribution < 1.29 is 9.50 Å². The van der Waals surface area contributed by atoms with Crippen LogP contribution in [0.5, 0.6) is 0 Å². The highest BCUT2D eigenvalue weighted by molar-refractivity contribution is 7.99. The van der Waals surface area contributed by atoms with Gasteiger partial charge in [-0.15, -0.1) is 0 Å². The van der Waals surface area contributed by atoms with Gasteiger partial charge in [0, 0.05) is 18.3 Å². The molecule has 2 aliphatic rings. The highest BCUT2D eigenvalue weighted by atomic mass is 32.2. The van der Waals surface area contributed by atoms with E-state index in [9.17, 15) is 9.50 Å². The normalized spacial score (nSPS) is 33.7. The first-order chi connectivity index (χ1) is 9.66. The van der Waals surface area contributed by atoms with Crippen molar-refractivity contribution in [3.05, 3.63) is 35.6 Å². The van der Waals surface area contributed by atoms with Crippen LogP contribution in [0.25, 0.3) is 0 Å². The van der Waals surface area contributed by atoms with Crippen LogP contribution in [0.4, 0.5) is 4.39 Å². The molecule has 1 aliphatic heterocycles. The van der Waals surface area contributed by atoms with Gasteiger partial charge in [0.25, 0.3) is 0 Å². The maximum absolute atomic E-state index is 13.0. The van der Waals surface area contributed by atoms with Crippen molar-refractivity contribution >= 4 is 11.8 Å². The second-order valence-corrected chi connectivity index (χ2v) is 7.21. The molecule has 110 valence electrons. The van der Waals surface area contributed by atoms with Crippen LogP contribution in [-0.2, 0) is 0 Å².